The van der Waals surface area contributed by atoms with Crippen molar-refractivity contribution in [3.63, 3.8) is 0 Å². The topological polar surface area (TPSA) is 84.9 Å². The van der Waals surface area contributed by atoms with Gasteiger partial charge in [0.15, 0.2) is 0 Å². The van der Waals surface area contributed by atoms with Crippen molar-refractivity contribution in [3.8, 4) is 5.75 Å². The van der Waals surface area contributed by atoms with Crippen LogP contribution in [0.3, 0.4) is 0 Å². The van der Waals surface area contributed by atoms with Gasteiger partial charge in [-0.3, -0.25) is 4.79 Å². The van der Waals surface area contributed by atoms with Gasteiger partial charge in [-0.1, -0.05) is 0 Å². The van der Waals surface area contributed by atoms with Crippen molar-refractivity contribution in [1.82, 2.24) is 0 Å². The number of carbonyl (C=O) groups excluding carboxylic acids is 1. The van der Waals surface area contributed by atoms with Crippen molar-refractivity contribution in [3.05, 3.63) is 23.8 Å². The SMILES string of the molecule is CCOC1CC1C(=O)Nc1cc(C(=O)O)ccc1OC(C)C. The van der Waals surface area contributed by atoms with Crippen LogP contribution in [-0.2, 0) is 9.53 Å². The Morgan fingerprint density at radius 2 is 2.14 bits per heavy atom. The summed E-state index contributed by atoms with van der Waals surface area (Å²) in [5.74, 6) is -0.943. The lowest BCUT2D eigenvalue weighted by atomic mass is 10.1. The van der Waals surface area contributed by atoms with Crippen molar-refractivity contribution in [2.45, 2.75) is 39.4 Å². The molecule has 1 aliphatic rings. The molecule has 2 rings (SSSR count). The minimum atomic E-state index is -1.05. The van der Waals surface area contributed by atoms with Gasteiger partial charge in [-0.25, -0.2) is 4.79 Å². The molecule has 1 saturated carbocycles. The van der Waals surface area contributed by atoms with Crippen LogP contribution >= 0.6 is 0 Å². The molecule has 0 spiro atoms. The highest BCUT2D eigenvalue weighted by atomic mass is 16.5. The first-order chi connectivity index (χ1) is 10.4. The lowest BCUT2D eigenvalue weighted by Gasteiger charge is -2.15. The average Bonchev–Trinajstić information content (AvgIpc) is 3.19. The number of nitrogens with one attached hydrogen (secondary N) is 1. The highest BCUT2D eigenvalue weighted by molar-refractivity contribution is 5.98. The van der Waals surface area contributed by atoms with E-state index in [1.807, 2.05) is 20.8 Å². The maximum absolute atomic E-state index is 12.2. The van der Waals surface area contributed by atoms with Gasteiger partial charge in [-0.2, -0.15) is 0 Å². The number of anilines is 1. The van der Waals surface area contributed by atoms with Gasteiger partial charge in [0.2, 0.25) is 5.91 Å². The zero-order chi connectivity index (χ0) is 16.3. The third-order valence-corrected chi connectivity index (χ3v) is 3.30. The maximum atomic E-state index is 12.2. The smallest absolute Gasteiger partial charge is 0.335 e. The summed E-state index contributed by atoms with van der Waals surface area (Å²) in [5.41, 5.74) is 0.476. The quantitative estimate of drug-likeness (QED) is 0.808. The first-order valence-electron chi connectivity index (χ1n) is 7.38. The van der Waals surface area contributed by atoms with Crippen molar-refractivity contribution >= 4 is 17.6 Å². The normalized spacial score (nSPS) is 19.8. The van der Waals surface area contributed by atoms with Crippen LogP contribution in [0.25, 0.3) is 0 Å². The molecule has 1 aromatic rings. The predicted molar refractivity (Wildman–Crippen MR) is 81.3 cm³/mol. The molecule has 0 heterocycles. The van der Waals surface area contributed by atoms with Crippen LogP contribution in [0.1, 0.15) is 37.6 Å². The molecular weight excluding hydrogens is 286 g/mol. The highest BCUT2D eigenvalue weighted by Crippen LogP contribution is 2.36. The molecule has 6 heteroatoms. The lowest BCUT2D eigenvalue weighted by Crippen LogP contribution is -2.18. The van der Waals surface area contributed by atoms with E-state index in [1.165, 1.54) is 12.1 Å². The fraction of sp³-hybridized carbons (Fsp3) is 0.500. The van der Waals surface area contributed by atoms with E-state index in [0.717, 1.165) is 0 Å². The molecule has 1 amide bonds. The second-order valence-corrected chi connectivity index (χ2v) is 5.51. The van der Waals surface area contributed by atoms with E-state index in [9.17, 15) is 9.59 Å². The van der Waals surface area contributed by atoms with Gasteiger partial charge >= 0.3 is 5.97 Å². The largest absolute Gasteiger partial charge is 0.489 e. The van der Waals surface area contributed by atoms with E-state index in [4.69, 9.17) is 14.6 Å². The Morgan fingerprint density at radius 1 is 1.41 bits per heavy atom. The number of carboxylic acids is 1. The molecule has 2 N–H and O–H groups in total. The van der Waals surface area contributed by atoms with Crippen molar-refractivity contribution in [2.75, 3.05) is 11.9 Å². The minimum Gasteiger partial charge on any atom is -0.489 e. The zero-order valence-electron chi connectivity index (χ0n) is 13.0. The molecular formula is C16H21NO5. The summed E-state index contributed by atoms with van der Waals surface area (Å²) in [6.45, 7) is 6.19. The van der Waals surface area contributed by atoms with Crippen LogP contribution in [0.2, 0.25) is 0 Å². The molecule has 22 heavy (non-hydrogen) atoms. The summed E-state index contributed by atoms with van der Waals surface area (Å²) in [7, 11) is 0. The Balaban J connectivity index is 2.14. The van der Waals surface area contributed by atoms with E-state index in [0.29, 0.717) is 24.5 Å². The summed E-state index contributed by atoms with van der Waals surface area (Å²) in [6.07, 6.45) is 0.573. The average molecular weight is 307 g/mol. The van der Waals surface area contributed by atoms with Crippen LogP contribution in [0, 0.1) is 5.92 Å². The molecule has 1 fully saturated rings. The monoisotopic (exact) mass is 307 g/mol. The number of hydrogen-bond acceptors (Lipinski definition) is 4. The fourth-order valence-electron chi connectivity index (χ4n) is 2.19. The first kappa shape index (κ1) is 16.3. The maximum Gasteiger partial charge on any atom is 0.335 e. The second-order valence-electron chi connectivity index (χ2n) is 5.51. The molecule has 0 aromatic heterocycles. The van der Waals surface area contributed by atoms with Gasteiger partial charge in [0.1, 0.15) is 5.75 Å². The number of carbonyl (C=O) groups is 2. The Hall–Kier alpha value is -2.08. The molecule has 120 valence electrons. The number of carboxylic acid groups (broad SMARTS) is 1. The minimum absolute atomic E-state index is 0.0397. The number of benzene rings is 1. The molecule has 2 unspecified atom stereocenters. The van der Waals surface area contributed by atoms with Crippen LogP contribution in [0.15, 0.2) is 18.2 Å². The molecule has 0 bridgehead atoms. The van der Waals surface area contributed by atoms with E-state index < -0.39 is 5.97 Å². The first-order valence-corrected chi connectivity index (χ1v) is 7.38. The van der Waals surface area contributed by atoms with Gasteiger partial charge < -0.3 is 19.9 Å². The molecule has 1 aromatic carbocycles. The summed E-state index contributed by atoms with van der Waals surface area (Å²) < 4.78 is 11.0. The van der Waals surface area contributed by atoms with Crippen molar-refractivity contribution in [2.24, 2.45) is 5.92 Å². The van der Waals surface area contributed by atoms with E-state index in [-0.39, 0.29) is 29.6 Å². The van der Waals surface area contributed by atoms with Crippen molar-refractivity contribution < 1.29 is 24.2 Å². The number of rotatable bonds is 7. The van der Waals surface area contributed by atoms with Gasteiger partial charge in [-0.05, 0) is 45.4 Å². The summed E-state index contributed by atoms with van der Waals surface area (Å²) in [6, 6.07) is 4.43. The Kier molecular flexibility index (Phi) is 5.03. The summed E-state index contributed by atoms with van der Waals surface area (Å²) in [5, 5.41) is 11.8. The third kappa shape index (κ3) is 3.98. The Labute approximate surface area is 129 Å². The summed E-state index contributed by atoms with van der Waals surface area (Å²) >= 11 is 0. The van der Waals surface area contributed by atoms with Gasteiger partial charge in [0.05, 0.1) is 29.4 Å². The fourth-order valence-corrected chi connectivity index (χ4v) is 2.19. The van der Waals surface area contributed by atoms with Crippen LogP contribution < -0.4 is 10.1 Å². The standard InChI is InChI=1S/C16H21NO5/c1-4-21-14-8-11(14)15(18)17-12-7-10(16(19)20)5-6-13(12)22-9(2)3/h5-7,9,11,14H,4,8H2,1-3H3,(H,17,18)(H,19,20). The third-order valence-electron chi connectivity index (χ3n) is 3.30. The molecule has 2 atom stereocenters. The molecule has 0 saturated heterocycles. The van der Waals surface area contributed by atoms with E-state index >= 15 is 0 Å². The Bertz CT molecular complexity index is 570. The number of aromatic carboxylic acids is 1. The lowest BCUT2D eigenvalue weighted by molar-refractivity contribution is -0.118. The molecule has 1 aliphatic carbocycles. The van der Waals surface area contributed by atoms with Crippen molar-refractivity contribution in [1.29, 1.82) is 0 Å². The molecule has 6 nitrogen and oxygen atoms in total. The van der Waals surface area contributed by atoms with Crippen LogP contribution in [0.4, 0.5) is 5.69 Å². The van der Waals surface area contributed by atoms with E-state index in [1.54, 1.807) is 6.07 Å². The second kappa shape index (κ2) is 6.79. The Morgan fingerprint density at radius 3 is 2.73 bits per heavy atom. The number of hydrogen-bond donors (Lipinski definition) is 2. The highest BCUT2D eigenvalue weighted by Gasteiger charge is 2.44. The van der Waals surface area contributed by atoms with E-state index in [2.05, 4.69) is 5.32 Å². The van der Waals surface area contributed by atoms with Crippen LogP contribution in [0.5, 0.6) is 5.75 Å². The number of ether oxygens (including phenoxy) is 2. The molecule has 0 aliphatic heterocycles. The predicted octanol–water partition coefficient (Wildman–Crippen LogP) is 2.54. The van der Waals surface area contributed by atoms with Crippen LogP contribution in [-0.4, -0.2) is 35.8 Å². The van der Waals surface area contributed by atoms with Gasteiger partial charge in [0, 0.05) is 6.61 Å². The zero-order valence-corrected chi connectivity index (χ0v) is 13.0. The van der Waals surface area contributed by atoms with Gasteiger partial charge in [0.25, 0.3) is 0 Å². The molecule has 0 radical (unpaired) electrons. The number of amides is 1. The summed E-state index contributed by atoms with van der Waals surface area (Å²) in [4.78, 5) is 23.3. The van der Waals surface area contributed by atoms with Gasteiger partial charge in [-0.15, -0.1) is 0 Å².